The van der Waals surface area contributed by atoms with Crippen LogP contribution in [0.2, 0.25) is 0 Å². The summed E-state index contributed by atoms with van der Waals surface area (Å²) in [5, 5.41) is 10.6. The van der Waals surface area contributed by atoms with Crippen LogP contribution in [0.5, 0.6) is 0 Å². The molecule has 1 N–H and O–H groups in total. The van der Waals surface area contributed by atoms with Crippen LogP contribution in [0.1, 0.15) is 10.4 Å². The minimum Gasteiger partial charge on any atom is -0.477 e. The number of hydrogen-bond donors (Lipinski definition) is 1. The molecule has 0 aliphatic heterocycles. The van der Waals surface area contributed by atoms with E-state index in [-0.39, 0.29) is 5.82 Å². The van der Waals surface area contributed by atoms with Crippen molar-refractivity contribution in [1.29, 1.82) is 0 Å². The predicted octanol–water partition coefficient (Wildman–Crippen LogP) is 2.26. The maximum absolute atomic E-state index is 12.9. The summed E-state index contributed by atoms with van der Waals surface area (Å²) in [5.41, 5.74) is 0.0574. The smallest absolute Gasteiger partial charge is 0.342 e. The summed E-state index contributed by atoms with van der Waals surface area (Å²) in [6.45, 7) is 0. The van der Waals surface area contributed by atoms with Crippen molar-refractivity contribution in [2.24, 2.45) is 0 Å². The van der Waals surface area contributed by atoms with Gasteiger partial charge in [-0.1, -0.05) is 0 Å². The monoisotopic (exact) mass is 290 g/mol. The molecule has 7 heteroatoms. The van der Waals surface area contributed by atoms with Crippen LogP contribution in [0.15, 0.2) is 40.6 Å². The number of carboxylic acids is 1. The van der Waals surface area contributed by atoms with Crippen LogP contribution < -0.4 is 5.56 Å². The van der Waals surface area contributed by atoms with Crippen LogP contribution in [-0.2, 0) is 0 Å². The van der Waals surface area contributed by atoms with Gasteiger partial charge in [0.1, 0.15) is 11.4 Å². The summed E-state index contributed by atoms with van der Waals surface area (Å²) in [6, 6.07) is 5.60. The Labute approximate surface area is 115 Å². The Hall–Kier alpha value is -2.54. The average Bonchev–Trinajstić information content (AvgIpc) is 2.84. The largest absolute Gasteiger partial charge is 0.477 e. The minimum atomic E-state index is -1.33. The first-order valence-corrected chi connectivity index (χ1v) is 6.44. The summed E-state index contributed by atoms with van der Waals surface area (Å²) in [5.74, 6) is -1.71. The molecule has 3 rings (SSSR count). The number of aromatic nitrogens is 2. The van der Waals surface area contributed by atoms with E-state index in [2.05, 4.69) is 4.98 Å². The van der Waals surface area contributed by atoms with Crippen LogP contribution in [-0.4, -0.2) is 20.5 Å². The number of nitrogens with zero attached hydrogens (tertiary/aromatic N) is 2. The number of carbonyl (C=O) groups is 1. The van der Waals surface area contributed by atoms with Gasteiger partial charge >= 0.3 is 5.97 Å². The second-order valence-electron chi connectivity index (χ2n) is 4.03. The van der Waals surface area contributed by atoms with Crippen molar-refractivity contribution in [3.05, 3.63) is 57.6 Å². The van der Waals surface area contributed by atoms with Crippen LogP contribution in [0, 0.1) is 5.82 Å². The van der Waals surface area contributed by atoms with E-state index in [1.165, 1.54) is 40.0 Å². The Morgan fingerprint density at radius 3 is 2.65 bits per heavy atom. The maximum atomic E-state index is 12.9. The fourth-order valence-corrected chi connectivity index (χ4v) is 2.72. The van der Waals surface area contributed by atoms with Gasteiger partial charge in [0.25, 0.3) is 5.56 Å². The Balaban J connectivity index is 2.32. The van der Waals surface area contributed by atoms with E-state index in [0.29, 0.717) is 16.2 Å². The quantitative estimate of drug-likeness (QED) is 0.785. The summed E-state index contributed by atoms with van der Waals surface area (Å²) in [4.78, 5) is 27.5. The Bertz CT molecular complexity index is 867. The number of rotatable bonds is 2. The molecule has 0 unspecified atom stereocenters. The summed E-state index contributed by atoms with van der Waals surface area (Å²) >= 11 is 1.21. The van der Waals surface area contributed by atoms with Gasteiger partial charge in [0.15, 0.2) is 4.96 Å². The fraction of sp³-hybridized carbons (Fsp3) is 0. The van der Waals surface area contributed by atoms with E-state index in [9.17, 15) is 14.0 Å². The molecule has 0 atom stereocenters. The van der Waals surface area contributed by atoms with E-state index in [0.717, 1.165) is 6.20 Å². The van der Waals surface area contributed by atoms with Crippen molar-refractivity contribution in [3.63, 3.8) is 0 Å². The molecule has 2 heterocycles. The zero-order valence-corrected chi connectivity index (χ0v) is 10.7. The first-order valence-electron chi connectivity index (χ1n) is 5.56. The lowest BCUT2D eigenvalue weighted by molar-refractivity contribution is 0.0694. The van der Waals surface area contributed by atoms with Crippen molar-refractivity contribution >= 4 is 22.3 Å². The molecule has 0 saturated heterocycles. The maximum Gasteiger partial charge on any atom is 0.342 e. The van der Waals surface area contributed by atoms with E-state index < -0.39 is 17.1 Å². The van der Waals surface area contributed by atoms with Crippen molar-refractivity contribution in [2.75, 3.05) is 0 Å². The third-order valence-corrected chi connectivity index (χ3v) is 3.66. The van der Waals surface area contributed by atoms with Gasteiger partial charge in [-0.3, -0.25) is 9.20 Å². The van der Waals surface area contributed by atoms with E-state index >= 15 is 0 Å². The van der Waals surface area contributed by atoms with Gasteiger partial charge in [0.05, 0.1) is 11.9 Å². The topological polar surface area (TPSA) is 71.7 Å². The van der Waals surface area contributed by atoms with Gasteiger partial charge in [-0.15, -0.1) is 11.3 Å². The molecule has 0 aliphatic carbocycles. The second kappa shape index (κ2) is 4.53. The normalized spacial score (nSPS) is 10.8. The van der Waals surface area contributed by atoms with E-state index in [1.54, 1.807) is 5.38 Å². The van der Waals surface area contributed by atoms with Gasteiger partial charge in [0.2, 0.25) is 0 Å². The lowest BCUT2D eigenvalue weighted by atomic mass is 10.2. The number of fused-ring (bicyclic) bond motifs is 1. The highest BCUT2D eigenvalue weighted by molar-refractivity contribution is 7.15. The highest BCUT2D eigenvalue weighted by Gasteiger charge is 2.15. The molecule has 20 heavy (non-hydrogen) atoms. The van der Waals surface area contributed by atoms with Crippen molar-refractivity contribution < 1.29 is 14.3 Å². The molecule has 3 aromatic rings. The van der Waals surface area contributed by atoms with Gasteiger partial charge in [-0.2, -0.15) is 0 Å². The van der Waals surface area contributed by atoms with Gasteiger partial charge in [-0.25, -0.2) is 14.2 Å². The summed E-state index contributed by atoms with van der Waals surface area (Å²) in [7, 11) is 0. The zero-order chi connectivity index (χ0) is 14.3. The van der Waals surface area contributed by atoms with Crippen LogP contribution in [0.4, 0.5) is 4.39 Å². The molecule has 0 amide bonds. The number of carboxylic acid groups (broad SMARTS) is 1. The number of thiazole rings is 1. The van der Waals surface area contributed by atoms with Gasteiger partial charge < -0.3 is 5.11 Å². The minimum absolute atomic E-state index is 0.384. The predicted molar refractivity (Wildman–Crippen MR) is 71.7 cm³/mol. The zero-order valence-electron chi connectivity index (χ0n) is 9.91. The van der Waals surface area contributed by atoms with Gasteiger partial charge in [-0.05, 0) is 29.8 Å². The molecule has 2 aromatic heterocycles. The lowest BCUT2D eigenvalue weighted by Crippen LogP contribution is -2.22. The fourth-order valence-electron chi connectivity index (χ4n) is 1.86. The molecule has 0 fully saturated rings. The third kappa shape index (κ3) is 1.88. The van der Waals surface area contributed by atoms with E-state index in [1.807, 2.05) is 0 Å². The molecular weight excluding hydrogens is 283 g/mol. The Kier molecular flexibility index (Phi) is 2.83. The van der Waals surface area contributed by atoms with Crippen LogP contribution >= 0.6 is 11.3 Å². The van der Waals surface area contributed by atoms with Crippen LogP contribution in [0.25, 0.3) is 16.2 Å². The average molecular weight is 290 g/mol. The molecule has 0 bridgehead atoms. The highest BCUT2D eigenvalue weighted by Crippen LogP contribution is 2.24. The third-order valence-electron chi connectivity index (χ3n) is 2.82. The Morgan fingerprint density at radius 1 is 1.30 bits per heavy atom. The van der Waals surface area contributed by atoms with Crippen LogP contribution in [0.3, 0.4) is 0 Å². The summed E-state index contributed by atoms with van der Waals surface area (Å²) < 4.78 is 14.2. The number of aromatic carboxylic acids is 1. The van der Waals surface area contributed by atoms with Gasteiger partial charge in [0, 0.05) is 5.38 Å². The second-order valence-corrected chi connectivity index (χ2v) is 4.86. The van der Waals surface area contributed by atoms with Crippen molar-refractivity contribution in [1.82, 2.24) is 9.38 Å². The lowest BCUT2D eigenvalue weighted by Gasteiger charge is -2.02. The molecule has 0 saturated carbocycles. The van der Waals surface area contributed by atoms with Crippen molar-refractivity contribution in [2.45, 2.75) is 0 Å². The summed E-state index contributed by atoms with van der Waals surface area (Å²) in [6.07, 6.45) is 1.05. The molecular formula is C13H7FN2O3S. The molecule has 5 nitrogen and oxygen atoms in total. The first kappa shape index (κ1) is 12.5. The highest BCUT2D eigenvalue weighted by atomic mass is 32.1. The van der Waals surface area contributed by atoms with Crippen molar-refractivity contribution in [3.8, 4) is 11.3 Å². The Morgan fingerprint density at radius 2 is 2.00 bits per heavy atom. The number of benzene rings is 1. The molecule has 0 spiro atoms. The molecule has 1 aromatic carbocycles. The molecule has 0 aliphatic rings. The number of hydrogen-bond acceptors (Lipinski definition) is 4. The molecule has 0 radical (unpaired) electrons. The number of halogens is 1. The van der Waals surface area contributed by atoms with E-state index in [4.69, 9.17) is 5.11 Å². The standard InChI is InChI=1S/C13H7FN2O3S/c14-8-3-1-7(2-4-8)10-6-20-13-15-5-9(12(18)19)11(17)16(10)13/h1-6H,(H,18,19). The first-order chi connectivity index (χ1) is 9.58. The SMILES string of the molecule is O=C(O)c1cnc2scc(-c3ccc(F)cc3)n2c1=O. The molecule has 100 valence electrons.